The Balaban J connectivity index is 2.36. The van der Waals surface area contributed by atoms with E-state index in [2.05, 4.69) is 53.9 Å². The van der Waals surface area contributed by atoms with Crippen LogP contribution in [-0.2, 0) is 0 Å². The van der Waals surface area contributed by atoms with Crippen molar-refractivity contribution in [3.05, 3.63) is 24.8 Å². The molecule has 0 amide bonds. The van der Waals surface area contributed by atoms with Gasteiger partial charge in [0.15, 0.2) is 0 Å². The van der Waals surface area contributed by atoms with Gasteiger partial charge in [-0.3, -0.25) is 0 Å². The van der Waals surface area contributed by atoms with Gasteiger partial charge in [-0.1, -0.05) is 45.8 Å². The molecule has 0 spiro atoms. The topological polar surface area (TPSA) is 0 Å². The zero-order chi connectivity index (χ0) is 15.9. The van der Waals surface area contributed by atoms with Gasteiger partial charge in [-0.15, -0.1) is 13.2 Å². The molecule has 0 bridgehead atoms. The number of hydrogen-bond donors (Lipinski definition) is 0. The Morgan fingerprint density at radius 3 is 2.38 bits per heavy atom. The van der Waals surface area contributed by atoms with Crippen molar-refractivity contribution >= 4 is 0 Å². The molecule has 0 aromatic carbocycles. The fourth-order valence-electron chi connectivity index (χ4n) is 5.98. The van der Waals surface area contributed by atoms with Crippen LogP contribution in [0.2, 0.25) is 0 Å². The van der Waals surface area contributed by atoms with Gasteiger partial charge in [-0.05, 0) is 73.5 Å². The summed E-state index contributed by atoms with van der Waals surface area (Å²) in [6, 6.07) is 0. The SMILES string of the molecule is C=CC1(C)CCC2C(C)(C)CCCC2(C)[C@H]1CCC(=C)C. The Labute approximate surface area is 133 Å². The van der Waals surface area contributed by atoms with Gasteiger partial charge in [0.25, 0.3) is 0 Å². The van der Waals surface area contributed by atoms with Gasteiger partial charge in [-0.25, -0.2) is 0 Å². The van der Waals surface area contributed by atoms with Crippen LogP contribution in [-0.4, -0.2) is 0 Å². The quantitative estimate of drug-likeness (QED) is 0.500. The second-order valence-electron chi connectivity index (χ2n) is 9.20. The van der Waals surface area contributed by atoms with E-state index < -0.39 is 0 Å². The standard InChI is InChI=1S/C21H36/c1-8-20(6)15-12-17-19(4,5)13-9-14-21(17,7)18(20)11-10-16(2)3/h8,17-18H,1-2,9-15H2,3-7H3/t17?,18-,20?,21?/m0/s1. The van der Waals surface area contributed by atoms with Crippen molar-refractivity contribution in [3.8, 4) is 0 Å². The highest BCUT2D eigenvalue weighted by atomic mass is 14.6. The Kier molecular flexibility index (Phi) is 4.49. The minimum atomic E-state index is 0.314. The van der Waals surface area contributed by atoms with E-state index in [0.717, 1.165) is 11.8 Å². The van der Waals surface area contributed by atoms with Crippen molar-refractivity contribution in [2.75, 3.05) is 0 Å². The molecule has 0 N–H and O–H groups in total. The normalized spacial score (nSPS) is 42.1. The van der Waals surface area contributed by atoms with Crippen LogP contribution >= 0.6 is 0 Å². The highest BCUT2D eigenvalue weighted by Gasteiger charge is 2.56. The Hall–Kier alpha value is -0.520. The predicted octanol–water partition coefficient (Wildman–Crippen LogP) is 6.78. The van der Waals surface area contributed by atoms with Crippen LogP contribution in [0.25, 0.3) is 0 Å². The molecule has 0 aromatic heterocycles. The summed E-state index contributed by atoms with van der Waals surface area (Å²) in [5, 5.41) is 0. The minimum Gasteiger partial charge on any atom is -0.103 e. The highest BCUT2D eigenvalue weighted by molar-refractivity contribution is 5.11. The number of hydrogen-bond acceptors (Lipinski definition) is 0. The Morgan fingerprint density at radius 2 is 1.81 bits per heavy atom. The third-order valence-corrected chi connectivity index (χ3v) is 7.17. The van der Waals surface area contributed by atoms with Gasteiger partial charge < -0.3 is 0 Å². The number of rotatable bonds is 4. The zero-order valence-corrected chi connectivity index (χ0v) is 15.1. The lowest BCUT2D eigenvalue weighted by Gasteiger charge is -2.62. The molecular formula is C21H36. The molecule has 0 aromatic rings. The van der Waals surface area contributed by atoms with Crippen LogP contribution in [0.3, 0.4) is 0 Å². The third-order valence-electron chi connectivity index (χ3n) is 7.17. The molecule has 0 saturated heterocycles. The van der Waals surface area contributed by atoms with Gasteiger partial charge in [-0.2, -0.15) is 0 Å². The summed E-state index contributed by atoms with van der Waals surface area (Å²) >= 11 is 0. The molecule has 4 atom stereocenters. The van der Waals surface area contributed by atoms with E-state index in [4.69, 9.17) is 0 Å². The van der Waals surface area contributed by atoms with E-state index in [1.54, 1.807) is 0 Å². The predicted molar refractivity (Wildman–Crippen MR) is 94.3 cm³/mol. The summed E-state index contributed by atoms with van der Waals surface area (Å²) in [6.07, 6.45) is 11.7. The van der Waals surface area contributed by atoms with Crippen LogP contribution < -0.4 is 0 Å². The highest BCUT2D eigenvalue weighted by Crippen LogP contribution is 2.65. The smallest absolute Gasteiger partial charge is 0.0115 e. The Bertz CT molecular complexity index is 416. The molecule has 0 nitrogen and oxygen atoms in total. The maximum Gasteiger partial charge on any atom is -0.0115 e. The molecule has 3 unspecified atom stereocenters. The molecule has 2 rings (SSSR count). The lowest BCUT2D eigenvalue weighted by molar-refractivity contribution is -0.116. The molecule has 0 heterocycles. The third kappa shape index (κ3) is 2.88. The van der Waals surface area contributed by atoms with E-state index in [1.165, 1.54) is 50.5 Å². The maximum atomic E-state index is 4.22. The molecule has 0 heteroatoms. The fourth-order valence-corrected chi connectivity index (χ4v) is 5.98. The van der Waals surface area contributed by atoms with Crippen molar-refractivity contribution in [2.24, 2.45) is 28.1 Å². The summed E-state index contributed by atoms with van der Waals surface area (Å²) < 4.78 is 0. The van der Waals surface area contributed by atoms with Crippen molar-refractivity contribution in [1.29, 1.82) is 0 Å². The van der Waals surface area contributed by atoms with Crippen LogP contribution in [0.1, 0.15) is 79.6 Å². The van der Waals surface area contributed by atoms with Crippen LogP contribution in [0.5, 0.6) is 0 Å². The Morgan fingerprint density at radius 1 is 1.14 bits per heavy atom. The number of allylic oxidation sites excluding steroid dienone is 2. The van der Waals surface area contributed by atoms with Gasteiger partial charge in [0.2, 0.25) is 0 Å². The average molecular weight is 289 g/mol. The summed E-state index contributed by atoms with van der Waals surface area (Å²) in [7, 11) is 0. The van der Waals surface area contributed by atoms with Crippen LogP contribution in [0.4, 0.5) is 0 Å². The fraction of sp³-hybridized carbons (Fsp3) is 0.810. The van der Waals surface area contributed by atoms with Gasteiger partial charge in [0, 0.05) is 0 Å². The molecule has 120 valence electrons. The van der Waals surface area contributed by atoms with Crippen LogP contribution in [0.15, 0.2) is 24.8 Å². The first-order valence-electron chi connectivity index (χ1n) is 8.94. The molecule has 2 aliphatic carbocycles. The van der Waals surface area contributed by atoms with E-state index >= 15 is 0 Å². The molecule has 0 aliphatic heterocycles. The minimum absolute atomic E-state index is 0.314. The van der Waals surface area contributed by atoms with Gasteiger partial charge >= 0.3 is 0 Å². The molecular weight excluding hydrogens is 252 g/mol. The van der Waals surface area contributed by atoms with E-state index in [0.29, 0.717) is 16.2 Å². The monoisotopic (exact) mass is 288 g/mol. The second kappa shape index (κ2) is 5.60. The van der Waals surface area contributed by atoms with Crippen molar-refractivity contribution < 1.29 is 0 Å². The molecule has 0 radical (unpaired) electrons. The molecule has 2 fully saturated rings. The van der Waals surface area contributed by atoms with E-state index in [-0.39, 0.29) is 0 Å². The van der Waals surface area contributed by atoms with Gasteiger partial charge in [0.05, 0.1) is 0 Å². The maximum absolute atomic E-state index is 4.22. The first-order valence-corrected chi connectivity index (χ1v) is 8.94. The molecule has 2 saturated carbocycles. The summed E-state index contributed by atoms with van der Waals surface area (Å²) in [6.45, 7) is 20.6. The average Bonchev–Trinajstić information content (AvgIpc) is 2.36. The van der Waals surface area contributed by atoms with Crippen LogP contribution in [0, 0.1) is 28.1 Å². The first kappa shape index (κ1) is 16.8. The second-order valence-corrected chi connectivity index (χ2v) is 9.20. The summed E-state index contributed by atoms with van der Waals surface area (Å²) in [4.78, 5) is 0. The van der Waals surface area contributed by atoms with E-state index in [1.807, 2.05) is 0 Å². The molecule has 2 aliphatic rings. The first-order chi connectivity index (χ1) is 9.66. The van der Waals surface area contributed by atoms with Crippen molar-refractivity contribution in [1.82, 2.24) is 0 Å². The van der Waals surface area contributed by atoms with Crippen molar-refractivity contribution in [3.63, 3.8) is 0 Å². The summed E-state index contributed by atoms with van der Waals surface area (Å²) in [5.74, 6) is 1.64. The zero-order valence-electron chi connectivity index (χ0n) is 15.1. The number of fused-ring (bicyclic) bond motifs is 1. The lowest BCUT2D eigenvalue weighted by atomic mass is 9.43. The lowest BCUT2D eigenvalue weighted by Crippen LogP contribution is -2.54. The largest absolute Gasteiger partial charge is 0.103 e. The van der Waals surface area contributed by atoms with E-state index in [9.17, 15) is 0 Å². The summed E-state index contributed by atoms with van der Waals surface area (Å²) in [5.41, 5.74) is 2.64. The molecule has 21 heavy (non-hydrogen) atoms. The van der Waals surface area contributed by atoms with Crippen molar-refractivity contribution in [2.45, 2.75) is 79.6 Å². The van der Waals surface area contributed by atoms with Gasteiger partial charge in [0.1, 0.15) is 0 Å².